The first-order chi connectivity index (χ1) is 51.0. The van der Waals surface area contributed by atoms with E-state index in [4.69, 9.17) is 70.6 Å². The number of hydrogen-bond donors (Lipinski definition) is 17. The van der Waals surface area contributed by atoms with E-state index >= 15 is 0 Å². The Hall–Kier alpha value is -8.27. The van der Waals surface area contributed by atoms with Crippen molar-refractivity contribution in [3.05, 3.63) is 56.6 Å². The minimum absolute atomic E-state index is 0. The van der Waals surface area contributed by atoms with Gasteiger partial charge in [0.15, 0.2) is 77.4 Å². The minimum atomic E-state index is -1.18. The maximum Gasteiger partial charge on any atom is 0.294 e. The van der Waals surface area contributed by atoms with Crippen molar-refractivity contribution in [2.45, 2.75) is 189 Å². The number of carbonyl (C=O) groups is 4. The summed E-state index contributed by atoms with van der Waals surface area (Å²) in [4.78, 5) is 89.7. The maximum atomic E-state index is 11.2. The van der Waals surface area contributed by atoms with Gasteiger partial charge in [-0.3, -0.25) is 48.9 Å². The number of fused-ring (bicyclic) bond motifs is 4. The second-order valence-electron chi connectivity index (χ2n) is 26.1. The van der Waals surface area contributed by atoms with Gasteiger partial charge in [-0.05, 0) is 69.3 Å². The zero-order valence-electron chi connectivity index (χ0n) is 58.8. The molecule has 0 aromatic carbocycles. The van der Waals surface area contributed by atoms with E-state index < -0.39 is 123 Å². The fourth-order valence-corrected chi connectivity index (χ4v) is 14.8. The number of aliphatic hydroxyl groups excluding tert-OH is 8. The van der Waals surface area contributed by atoms with E-state index in [2.05, 4.69) is 64.3 Å². The topological polar surface area (TPSA) is 684 Å². The molecule has 8 aromatic rings. The summed E-state index contributed by atoms with van der Waals surface area (Å²) in [6.45, 7) is 4.42. The maximum absolute atomic E-state index is 11.2. The van der Waals surface area contributed by atoms with Crippen LogP contribution in [-0.4, -0.2) is 297 Å². The Labute approximate surface area is 624 Å². The lowest BCUT2D eigenvalue weighted by molar-refractivity contribution is -0.134. The van der Waals surface area contributed by atoms with E-state index in [1.54, 1.807) is 21.4 Å². The van der Waals surface area contributed by atoms with Crippen molar-refractivity contribution in [2.24, 2.45) is 28.7 Å². The van der Waals surface area contributed by atoms with Crippen molar-refractivity contribution in [3.8, 4) is 0 Å². The highest BCUT2D eigenvalue weighted by molar-refractivity contribution is 7.99. The first kappa shape index (κ1) is 85.3. The number of nitrogens with two attached hydrogens (primary N) is 9. The summed E-state index contributed by atoms with van der Waals surface area (Å²) in [5.41, 5.74) is 55.9. The molecule has 108 heavy (non-hydrogen) atoms. The number of ketones is 2. The fraction of sp³-hybridized carbons (Fsp3) is 0.603. The van der Waals surface area contributed by atoms with Gasteiger partial charge in [-0.2, -0.15) is 11.8 Å². The van der Waals surface area contributed by atoms with Crippen LogP contribution in [0.15, 0.2) is 56.6 Å². The Bertz CT molecular complexity index is 4100. The van der Waals surface area contributed by atoms with E-state index in [1.165, 1.54) is 79.0 Å². The van der Waals surface area contributed by atoms with Crippen molar-refractivity contribution < 1.29 is 88.5 Å². The molecule has 8 aromatic heterocycles. The minimum Gasteiger partial charge on any atom is -0.449 e. The number of nitrogen functional groups attached to an aromatic ring is 4. The Morgan fingerprint density at radius 2 is 0.935 bits per heavy atom. The zero-order valence-corrected chi connectivity index (χ0v) is 60.4. The molecule has 4 fully saturated rings. The predicted octanol–water partition coefficient (Wildman–Crippen LogP) is -5.32. The van der Waals surface area contributed by atoms with Gasteiger partial charge in [0.25, 0.3) is 12.9 Å². The van der Waals surface area contributed by atoms with Crippen molar-refractivity contribution >= 4 is 115 Å². The summed E-state index contributed by atoms with van der Waals surface area (Å²) in [7, 11) is 1.66. The number of carbonyl (C=O) groups excluding carboxylic acids is 4. The molecule has 0 aliphatic carbocycles. The predicted molar refractivity (Wildman–Crippen MR) is 393 cm³/mol. The molecule has 4 saturated heterocycles. The zero-order chi connectivity index (χ0) is 77.7. The quantitative estimate of drug-likeness (QED) is 0.00865. The van der Waals surface area contributed by atoms with Crippen LogP contribution in [0.3, 0.4) is 0 Å². The van der Waals surface area contributed by atoms with Crippen LogP contribution in [0.1, 0.15) is 84.7 Å². The number of rotatable bonds is 30. The summed E-state index contributed by atoms with van der Waals surface area (Å²) in [6, 6.07) is 0.277. The van der Waals surface area contributed by atoms with E-state index in [1.807, 2.05) is 18.2 Å². The van der Waals surface area contributed by atoms with Crippen LogP contribution in [0.5, 0.6) is 0 Å². The van der Waals surface area contributed by atoms with Crippen molar-refractivity contribution in [3.63, 3.8) is 0 Å². The van der Waals surface area contributed by atoms with Crippen LogP contribution in [0.4, 0.5) is 23.1 Å². The number of Topliss-reactive ketones (excluding diaryl/α,β-unsaturated/α-hetero) is 2. The molecule has 4 aliphatic heterocycles. The molecule has 12 heterocycles. The van der Waals surface area contributed by atoms with E-state index in [0.717, 1.165) is 0 Å². The SMILES string of the molecule is C.CC(=O)C(N)CCC(N)CC1OC(n2cnc3c(N)ncnc32)C(O)C1O.CC(=O)[C@@H](N)CCSC[C@H]1O[C@@H](n2cnc3c(N)ncnc32)[C@H](O)[C@@H]1O.CN(CCC(N)OC=O)C[C@H]1OC(n2cnc3c(N)ccnc32)[C@H](O)[C@@H]1O.C[S+](CCC(N)OC=O)C[C@H]1OC(n2cnc3c(N)ncnc32)[C@H](O)[C@@H]1O. The lowest BCUT2D eigenvalue weighted by Crippen LogP contribution is -2.40. The number of ether oxygens (including phenoxy) is 6. The van der Waals surface area contributed by atoms with Crippen LogP contribution < -0.4 is 51.6 Å². The molecule has 0 bridgehead atoms. The number of likely N-dealkylation sites (N-methyl/N-ethyl adjacent to an activating group) is 1. The second kappa shape index (κ2) is 38.9. The summed E-state index contributed by atoms with van der Waals surface area (Å²) < 4.78 is 38.9. The number of pyridine rings is 1. The first-order valence-electron chi connectivity index (χ1n) is 33.8. The fourth-order valence-electron chi connectivity index (χ4n) is 12.1. The summed E-state index contributed by atoms with van der Waals surface area (Å²) in [5.74, 6) is 2.89. The smallest absolute Gasteiger partial charge is 0.294 e. The molecule has 22 atom stereocenters. The molecule has 594 valence electrons. The molecular weight excluding hydrogens is 1460 g/mol. The molecule has 0 amide bonds. The van der Waals surface area contributed by atoms with Gasteiger partial charge in [0.05, 0.1) is 61.5 Å². The molecule has 4 aliphatic rings. The number of nitrogens with zero attached hydrogens (tertiary/aromatic N) is 16. The summed E-state index contributed by atoms with van der Waals surface area (Å²) >= 11 is 1.51. The van der Waals surface area contributed by atoms with Gasteiger partial charge in [0, 0.05) is 43.9 Å². The monoisotopic (exact) mass is 1560 g/mol. The van der Waals surface area contributed by atoms with Crippen LogP contribution in [0.25, 0.3) is 44.7 Å². The van der Waals surface area contributed by atoms with Gasteiger partial charge in [-0.25, -0.2) is 54.8 Å². The number of aliphatic hydroxyl groups is 8. The molecule has 0 spiro atoms. The average Bonchev–Trinajstić information content (AvgIpc) is 1.64. The van der Waals surface area contributed by atoms with E-state index in [9.17, 15) is 60.0 Å². The summed E-state index contributed by atoms with van der Waals surface area (Å²) in [6.07, 6.45) is -0.00858. The number of aromatic nitrogens is 15. The Morgan fingerprint density at radius 1 is 0.537 bits per heavy atom. The lowest BCUT2D eigenvalue weighted by atomic mass is 9.98. The molecular formula is C63H98N25O18S2+. The lowest BCUT2D eigenvalue weighted by Gasteiger charge is -2.23. The van der Waals surface area contributed by atoms with Crippen molar-refractivity contribution in [1.82, 2.24) is 78.0 Å². The molecule has 0 saturated carbocycles. The number of imidazole rings is 4. The second-order valence-corrected chi connectivity index (χ2v) is 29.5. The van der Waals surface area contributed by atoms with Gasteiger partial charge in [-0.1, -0.05) is 7.43 Å². The highest BCUT2D eigenvalue weighted by Gasteiger charge is 2.49. The normalized spacial score (nSPS) is 27.0. The molecule has 26 N–H and O–H groups in total. The van der Waals surface area contributed by atoms with Crippen LogP contribution in [0, 0.1) is 0 Å². The third kappa shape index (κ3) is 20.4. The molecule has 12 rings (SSSR count). The van der Waals surface area contributed by atoms with Gasteiger partial charge < -0.3 is 114 Å². The molecule has 43 nitrogen and oxygen atoms in total. The number of anilines is 4. The van der Waals surface area contributed by atoms with Crippen LogP contribution in [0.2, 0.25) is 0 Å². The molecule has 11 unspecified atom stereocenters. The Kier molecular flexibility index (Phi) is 30.7. The van der Waals surface area contributed by atoms with Crippen LogP contribution >= 0.6 is 11.8 Å². The van der Waals surface area contributed by atoms with Gasteiger partial charge in [0.2, 0.25) is 0 Å². The molecule has 45 heteroatoms. The van der Waals surface area contributed by atoms with Crippen molar-refractivity contribution in [1.29, 1.82) is 0 Å². The standard InChI is InChI=1S/C16H25N7O4.C16H24N6O5.C15H23N6O5S.C15H22N6O4S.CH4/c1-7(24)9(18)3-2-8(17)4-10-12(25)13(26)16(27-10)23-6-22-11-14(19)20-5-21-15(11)23;1-21(5-3-11(18)26-8-23)6-10-13(24)14(25)16(27-10)22-7-20-12-9(17)2-4-19-15(12)22;1-27(3-2-9(16)25-7-22)4-8-11(23)12(24)15(26-8)21-6-20-10-13(17)18-5-19-14(10)21;1-7(22)8(16)2-3-26-4-9-11(23)12(24)15(25-9)21-6-20-10-13(17)18-5-19-14(10)21;/h5-6,8-10,12-13,16,25-26H,2-4,17-18H2,1H3,(H2,19,20,21);2,4,7-8,10-11,13-14,16,24-25H,3,5-6,18H2,1H3,(H2,17,19);5-9,11-12,15,23-24H,2-4,16H2,1H3,(H2,17,18,19);5-6,8-9,11-12,15,23-24H,2-4,16H2,1H3,(H2,17,18,19);1H4/q;;+1;;/t;10-,11?,13-,14-,16?;8-,9?,11-,12-,15?,27?;8-,9+,11+,12+,15+;/m.110./s1. The van der Waals surface area contributed by atoms with Crippen molar-refractivity contribution in [2.75, 3.05) is 72.3 Å². The average molecular weight is 1560 g/mol. The molecule has 0 radical (unpaired) electrons. The highest BCUT2D eigenvalue weighted by atomic mass is 32.2. The van der Waals surface area contributed by atoms with E-state index in [0.29, 0.717) is 138 Å². The summed E-state index contributed by atoms with van der Waals surface area (Å²) in [5, 5.41) is 83.2. The largest absolute Gasteiger partial charge is 0.449 e. The Morgan fingerprint density at radius 3 is 1.41 bits per heavy atom. The van der Waals surface area contributed by atoms with E-state index in [-0.39, 0.29) is 53.4 Å². The van der Waals surface area contributed by atoms with Gasteiger partial charge in [-0.15, -0.1) is 0 Å². The van der Waals surface area contributed by atoms with Gasteiger partial charge >= 0.3 is 0 Å². The third-order valence-corrected chi connectivity index (χ3v) is 21.2. The number of hydrogen-bond acceptors (Lipinski definition) is 40. The van der Waals surface area contributed by atoms with Gasteiger partial charge in [0.1, 0.15) is 125 Å². The third-order valence-electron chi connectivity index (χ3n) is 18.3. The highest BCUT2D eigenvalue weighted by Crippen LogP contribution is 2.38. The first-order valence-corrected chi connectivity index (χ1v) is 36.9. The Balaban J connectivity index is 0.000000181. The number of thioether (sulfide) groups is 1. The van der Waals surface area contributed by atoms with Crippen LogP contribution in [-0.2, 0) is 58.5 Å².